The van der Waals surface area contributed by atoms with Crippen LogP contribution in [0.2, 0.25) is 0 Å². The number of amides is 1. The molecule has 0 spiro atoms. The van der Waals surface area contributed by atoms with E-state index in [4.69, 9.17) is 5.21 Å². The molecule has 5 rings (SSSR count). The van der Waals surface area contributed by atoms with E-state index >= 15 is 0 Å². The highest BCUT2D eigenvalue weighted by Gasteiger charge is 2.66. The lowest BCUT2D eigenvalue weighted by atomic mass is 9.36. The standard InChI is InChI=1S/C24H25N3O6S/c1-22(21(30)26-31,34(2,32)33)9-10-27-16-25-19-11-17(6-7-18(19)20(27)29)5-3-4-8-23-12-24(13-23,14-23)15-28/h6-7,11,16,28,31H,9-10,12-15H2,1-2H3,(H,26,30)/t22-,23?,24?/m1/s1. The summed E-state index contributed by atoms with van der Waals surface area (Å²) in [4.78, 5) is 29.1. The maximum Gasteiger partial charge on any atom is 0.264 e. The van der Waals surface area contributed by atoms with Gasteiger partial charge in [0.05, 0.1) is 17.2 Å². The Hall–Kier alpha value is -3.18. The van der Waals surface area contributed by atoms with Crippen molar-refractivity contribution < 1.29 is 23.5 Å². The predicted molar refractivity (Wildman–Crippen MR) is 124 cm³/mol. The number of nitrogens with one attached hydrogen (secondary N) is 1. The lowest BCUT2D eigenvalue weighted by molar-refractivity contribution is -0.185. The maximum atomic E-state index is 12.9. The van der Waals surface area contributed by atoms with Crippen molar-refractivity contribution in [2.45, 2.75) is 43.9 Å². The van der Waals surface area contributed by atoms with Gasteiger partial charge in [-0.2, -0.15) is 0 Å². The van der Waals surface area contributed by atoms with E-state index in [0.717, 1.165) is 25.5 Å². The van der Waals surface area contributed by atoms with Crippen molar-refractivity contribution in [3.63, 3.8) is 0 Å². The van der Waals surface area contributed by atoms with Crippen LogP contribution in [0.15, 0.2) is 29.3 Å². The van der Waals surface area contributed by atoms with Gasteiger partial charge in [0.15, 0.2) is 14.6 Å². The number of aryl methyl sites for hydroxylation is 1. The van der Waals surface area contributed by atoms with Crippen LogP contribution in [-0.2, 0) is 21.2 Å². The zero-order valence-electron chi connectivity index (χ0n) is 18.9. The number of hydrogen-bond donors (Lipinski definition) is 3. The molecule has 0 aliphatic heterocycles. The molecular weight excluding hydrogens is 458 g/mol. The molecule has 1 heterocycles. The third kappa shape index (κ3) is 3.98. The summed E-state index contributed by atoms with van der Waals surface area (Å²) >= 11 is 0. The Morgan fingerprint density at radius 3 is 2.62 bits per heavy atom. The van der Waals surface area contributed by atoms with Gasteiger partial charge >= 0.3 is 0 Å². The number of nitrogens with zero attached hydrogens (tertiary/aromatic N) is 2. The van der Waals surface area contributed by atoms with Gasteiger partial charge in [0.2, 0.25) is 0 Å². The van der Waals surface area contributed by atoms with E-state index in [9.17, 15) is 23.1 Å². The molecule has 0 saturated heterocycles. The molecule has 9 nitrogen and oxygen atoms in total. The van der Waals surface area contributed by atoms with Crippen LogP contribution >= 0.6 is 0 Å². The van der Waals surface area contributed by atoms with Gasteiger partial charge in [-0.05, 0) is 68.1 Å². The van der Waals surface area contributed by atoms with E-state index in [1.807, 2.05) is 0 Å². The Morgan fingerprint density at radius 2 is 2.00 bits per heavy atom. The van der Waals surface area contributed by atoms with Gasteiger partial charge in [-0.1, -0.05) is 11.8 Å². The molecule has 2 bridgehead atoms. The quantitative estimate of drug-likeness (QED) is 0.311. The first kappa shape index (κ1) is 24.0. The van der Waals surface area contributed by atoms with Crippen LogP contribution in [-0.4, -0.2) is 51.8 Å². The molecule has 3 aliphatic rings. The molecule has 0 radical (unpaired) electrons. The van der Waals surface area contributed by atoms with Crippen molar-refractivity contribution in [2.75, 3.05) is 12.9 Å². The number of hydroxylamine groups is 1. The zero-order valence-corrected chi connectivity index (χ0v) is 19.7. The van der Waals surface area contributed by atoms with Crippen molar-refractivity contribution >= 4 is 26.6 Å². The molecule has 178 valence electrons. The minimum atomic E-state index is -3.87. The monoisotopic (exact) mass is 483 g/mol. The topological polar surface area (TPSA) is 139 Å². The minimum Gasteiger partial charge on any atom is -0.396 e. The molecule has 3 fully saturated rings. The fraction of sp³-hybridized carbons (Fsp3) is 0.458. The summed E-state index contributed by atoms with van der Waals surface area (Å²) < 4.78 is 23.6. The number of rotatable bonds is 6. The van der Waals surface area contributed by atoms with Gasteiger partial charge in [-0.15, -0.1) is 0 Å². The lowest BCUT2D eigenvalue weighted by Gasteiger charge is -2.67. The number of aliphatic hydroxyl groups excluding tert-OH is 1. The summed E-state index contributed by atoms with van der Waals surface area (Å²) in [5.41, 5.74) is 2.22. The van der Waals surface area contributed by atoms with Crippen LogP contribution in [0.3, 0.4) is 0 Å². The average Bonchev–Trinajstić information content (AvgIpc) is 2.75. The zero-order chi connectivity index (χ0) is 24.8. The van der Waals surface area contributed by atoms with Crippen LogP contribution in [0.4, 0.5) is 0 Å². The van der Waals surface area contributed by atoms with Crippen LogP contribution in [0.5, 0.6) is 0 Å². The summed E-state index contributed by atoms with van der Waals surface area (Å²) in [7, 11) is -3.87. The van der Waals surface area contributed by atoms with Gasteiger partial charge in [-0.25, -0.2) is 18.9 Å². The first-order chi connectivity index (χ1) is 16.0. The number of carbonyl (C=O) groups is 1. The second-order valence-corrected chi connectivity index (χ2v) is 12.1. The molecule has 34 heavy (non-hydrogen) atoms. The number of benzene rings is 1. The maximum absolute atomic E-state index is 12.9. The van der Waals surface area contributed by atoms with E-state index in [-0.39, 0.29) is 36.0 Å². The molecule has 1 aromatic heterocycles. The van der Waals surface area contributed by atoms with E-state index in [2.05, 4.69) is 28.7 Å². The number of sulfone groups is 1. The van der Waals surface area contributed by atoms with Gasteiger partial charge in [0, 0.05) is 30.4 Å². The second kappa shape index (κ2) is 8.24. The van der Waals surface area contributed by atoms with Crippen molar-refractivity contribution in [3.8, 4) is 23.7 Å². The first-order valence-corrected chi connectivity index (χ1v) is 12.6. The molecule has 1 amide bonds. The SMILES string of the molecule is C[C@@](CCn1cnc2cc(C#CC#CC34CC(CO)(C3)C4)ccc2c1=O)(C(=O)NO)S(C)(=O)=O. The Bertz CT molecular complexity index is 1450. The summed E-state index contributed by atoms with van der Waals surface area (Å²) in [6.07, 6.45) is 4.77. The van der Waals surface area contributed by atoms with Gasteiger partial charge < -0.3 is 5.11 Å². The largest absolute Gasteiger partial charge is 0.396 e. The average molecular weight is 484 g/mol. The van der Waals surface area contributed by atoms with Gasteiger partial charge in [0.1, 0.15) is 0 Å². The van der Waals surface area contributed by atoms with Crippen molar-refractivity contribution in [3.05, 3.63) is 40.4 Å². The highest BCUT2D eigenvalue weighted by Crippen LogP contribution is 2.72. The number of hydrogen-bond acceptors (Lipinski definition) is 7. The molecule has 0 unspecified atom stereocenters. The number of fused-ring (bicyclic) bond motifs is 1. The normalized spacial score (nSPS) is 24.4. The Balaban J connectivity index is 1.50. The van der Waals surface area contributed by atoms with Crippen molar-refractivity contribution in [2.24, 2.45) is 10.8 Å². The van der Waals surface area contributed by atoms with Crippen LogP contribution in [0.1, 0.15) is 38.2 Å². The molecule has 3 aliphatic carbocycles. The molecule has 2 aromatic rings. The third-order valence-corrected chi connectivity index (χ3v) is 9.15. The van der Waals surface area contributed by atoms with E-state index < -0.39 is 20.5 Å². The summed E-state index contributed by atoms with van der Waals surface area (Å²) in [5.74, 6) is 10.8. The number of aromatic nitrogens is 2. The summed E-state index contributed by atoms with van der Waals surface area (Å²) in [6, 6.07) is 4.96. The summed E-state index contributed by atoms with van der Waals surface area (Å²) in [6.45, 7) is 1.33. The summed E-state index contributed by atoms with van der Waals surface area (Å²) in [5, 5.41) is 18.6. The highest BCUT2D eigenvalue weighted by molar-refractivity contribution is 7.92. The van der Waals surface area contributed by atoms with E-state index in [0.29, 0.717) is 16.5 Å². The second-order valence-electron chi connectivity index (χ2n) is 9.64. The van der Waals surface area contributed by atoms with E-state index in [1.165, 1.54) is 23.3 Å². The van der Waals surface area contributed by atoms with E-state index in [1.54, 1.807) is 18.2 Å². The fourth-order valence-corrected chi connectivity index (χ4v) is 5.72. The molecular formula is C24H25N3O6S. The molecule has 3 N–H and O–H groups in total. The lowest BCUT2D eigenvalue weighted by Crippen LogP contribution is -2.62. The molecule has 1 aromatic carbocycles. The Kier molecular flexibility index (Phi) is 5.81. The third-order valence-electron chi connectivity index (χ3n) is 7.13. The van der Waals surface area contributed by atoms with Gasteiger partial charge in [-0.3, -0.25) is 19.4 Å². The Morgan fingerprint density at radius 1 is 1.29 bits per heavy atom. The van der Waals surface area contributed by atoms with Crippen LogP contribution in [0.25, 0.3) is 10.9 Å². The molecule has 1 atom stereocenters. The number of aliphatic hydroxyl groups is 1. The first-order valence-electron chi connectivity index (χ1n) is 10.7. The van der Waals surface area contributed by atoms with Gasteiger partial charge in [0.25, 0.3) is 11.5 Å². The minimum absolute atomic E-state index is 0.0263. The Labute approximate surface area is 197 Å². The molecule has 10 heteroatoms. The predicted octanol–water partition coefficient (Wildman–Crippen LogP) is 0.613. The van der Waals surface area contributed by atoms with Crippen molar-refractivity contribution in [1.82, 2.24) is 15.0 Å². The number of carbonyl (C=O) groups excluding carboxylic acids is 1. The highest BCUT2D eigenvalue weighted by atomic mass is 32.2. The molecule has 3 saturated carbocycles. The van der Waals surface area contributed by atoms with Crippen molar-refractivity contribution in [1.29, 1.82) is 0 Å². The van der Waals surface area contributed by atoms with Crippen LogP contribution in [0, 0.1) is 34.5 Å². The smallest absolute Gasteiger partial charge is 0.264 e. The van der Waals surface area contributed by atoms with Crippen LogP contribution < -0.4 is 11.0 Å². The fourth-order valence-electron chi connectivity index (χ4n) is 4.88.